The van der Waals surface area contributed by atoms with Gasteiger partial charge in [-0.3, -0.25) is 10.2 Å². The standard InChI is InChI=1S/C19H14ClN3O3/c1-10-3-4-12(8-15(10)20)16-6-5-13(25-16)9-14-18(21)23-17(22-19(14)24)7-11(2)26-23/h3-9,21H,1-2H3/b14-9-,21-18?. The molecule has 1 N–H and O–H groups in total. The van der Waals surface area contributed by atoms with E-state index in [0.29, 0.717) is 28.1 Å². The van der Waals surface area contributed by atoms with E-state index in [1.807, 2.05) is 25.1 Å². The number of amidine groups is 2. The van der Waals surface area contributed by atoms with Gasteiger partial charge in [0.25, 0.3) is 5.91 Å². The number of nitrogens with one attached hydrogen (secondary N) is 1. The highest BCUT2D eigenvalue weighted by Gasteiger charge is 2.34. The summed E-state index contributed by atoms with van der Waals surface area (Å²) in [7, 11) is 0. The van der Waals surface area contributed by atoms with Crippen LogP contribution in [0.3, 0.4) is 0 Å². The summed E-state index contributed by atoms with van der Waals surface area (Å²) in [6.45, 7) is 3.66. The molecule has 6 nitrogen and oxygen atoms in total. The molecule has 0 radical (unpaired) electrons. The van der Waals surface area contributed by atoms with Gasteiger partial charge in [-0.25, -0.2) is 0 Å². The van der Waals surface area contributed by atoms with Crippen LogP contribution >= 0.6 is 11.6 Å². The van der Waals surface area contributed by atoms with Crippen LogP contribution in [0.2, 0.25) is 5.02 Å². The molecule has 1 amide bonds. The van der Waals surface area contributed by atoms with E-state index in [0.717, 1.165) is 11.1 Å². The molecule has 1 aromatic carbocycles. The van der Waals surface area contributed by atoms with Crippen molar-refractivity contribution in [1.82, 2.24) is 5.06 Å². The van der Waals surface area contributed by atoms with Gasteiger partial charge in [-0.2, -0.15) is 4.99 Å². The highest BCUT2D eigenvalue weighted by Crippen LogP contribution is 2.29. The molecule has 0 unspecified atom stereocenters. The molecule has 0 fully saturated rings. The van der Waals surface area contributed by atoms with Gasteiger partial charge in [0.1, 0.15) is 17.3 Å². The predicted molar refractivity (Wildman–Crippen MR) is 98.7 cm³/mol. The maximum atomic E-state index is 12.3. The number of carbonyl (C=O) groups is 1. The molecule has 2 aliphatic heterocycles. The summed E-state index contributed by atoms with van der Waals surface area (Å²) in [6.07, 6.45) is 3.09. The van der Waals surface area contributed by atoms with Crippen molar-refractivity contribution < 1.29 is 14.0 Å². The average Bonchev–Trinajstić information content (AvgIpc) is 3.20. The Morgan fingerprint density at radius 1 is 1.23 bits per heavy atom. The number of fused-ring (bicyclic) bond motifs is 1. The molecule has 2 aromatic rings. The lowest BCUT2D eigenvalue weighted by atomic mass is 10.1. The molecule has 2 aliphatic rings. The summed E-state index contributed by atoms with van der Waals surface area (Å²) in [5.41, 5.74) is 1.91. The Kier molecular flexibility index (Phi) is 3.77. The Morgan fingerprint density at radius 2 is 2.04 bits per heavy atom. The molecule has 7 heteroatoms. The molecule has 0 bridgehead atoms. The number of aliphatic imine (C=N–C) groups is 1. The quantitative estimate of drug-likeness (QED) is 0.800. The van der Waals surface area contributed by atoms with Crippen molar-refractivity contribution in [3.8, 4) is 11.3 Å². The first-order valence-electron chi connectivity index (χ1n) is 7.89. The molecule has 0 saturated heterocycles. The third kappa shape index (κ3) is 2.74. The van der Waals surface area contributed by atoms with Crippen molar-refractivity contribution in [3.05, 3.63) is 64.1 Å². The fraction of sp³-hybridized carbons (Fsp3) is 0.105. The number of hydrogen-bond acceptors (Lipinski definition) is 4. The highest BCUT2D eigenvalue weighted by molar-refractivity contribution is 6.32. The van der Waals surface area contributed by atoms with Gasteiger partial charge in [0.2, 0.25) is 0 Å². The first kappa shape index (κ1) is 16.4. The number of furan rings is 1. The Labute approximate surface area is 154 Å². The number of nitrogens with zero attached hydrogens (tertiary/aromatic N) is 2. The van der Waals surface area contributed by atoms with E-state index in [-0.39, 0.29) is 11.4 Å². The van der Waals surface area contributed by atoms with Crippen LogP contribution in [0.1, 0.15) is 18.2 Å². The van der Waals surface area contributed by atoms with E-state index in [1.165, 1.54) is 11.1 Å². The number of aryl methyl sites for hydroxylation is 1. The predicted octanol–water partition coefficient (Wildman–Crippen LogP) is 4.36. The molecule has 4 rings (SSSR count). The zero-order valence-corrected chi connectivity index (χ0v) is 14.8. The number of benzene rings is 1. The van der Waals surface area contributed by atoms with Crippen LogP contribution in [0, 0.1) is 12.3 Å². The van der Waals surface area contributed by atoms with Crippen molar-refractivity contribution in [2.45, 2.75) is 13.8 Å². The van der Waals surface area contributed by atoms with Crippen molar-refractivity contribution in [2.24, 2.45) is 4.99 Å². The van der Waals surface area contributed by atoms with Crippen LogP contribution in [0.5, 0.6) is 0 Å². The lowest BCUT2D eigenvalue weighted by molar-refractivity contribution is -0.114. The molecule has 1 aromatic heterocycles. The number of amides is 1. The highest BCUT2D eigenvalue weighted by atomic mass is 35.5. The van der Waals surface area contributed by atoms with Crippen molar-refractivity contribution in [2.75, 3.05) is 0 Å². The van der Waals surface area contributed by atoms with E-state index < -0.39 is 5.91 Å². The number of carbonyl (C=O) groups excluding carboxylic acids is 1. The van der Waals surface area contributed by atoms with Crippen LogP contribution in [0.25, 0.3) is 17.4 Å². The molecule has 130 valence electrons. The van der Waals surface area contributed by atoms with E-state index in [2.05, 4.69) is 4.99 Å². The maximum Gasteiger partial charge on any atom is 0.283 e. The molecular weight excluding hydrogens is 354 g/mol. The van der Waals surface area contributed by atoms with Gasteiger partial charge in [-0.1, -0.05) is 23.7 Å². The molecule has 26 heavy (non-hydrogen) atoms. The molecule has 0 aliphatic carbocycles. The molecule has 3 heterocycles. The SMILES string of the molecule is CC1=CC2=NC(=O)/C(=C\c3ccc(-c4ccc(C)c(Cl)c4)o3)C(=N)N2O1. The number of hydroxylamine groups is 2. The zero-order chi connectivity index (χ0) is 18.4. The van der Waals surface area contributed by atoms with Crippen LogP contribution in [-0.4, -0.2) is 22.6 Å². The third-order valence-corrected chi connectivity index (χ3v) is 4.46. The average molecular weight is 368 g/mol. The molecular formula is C19H14ClN3O3. The normalized spacial score (nSPS) is 18.0. The van der Waals surface area contributed by atoms with Gasteiger partial charge in [-0.05, 0) is 43.7 Å². The van der Waals surface area contributed by atoms with E-state index in [4.69, 9.17) is 26.3 Å². The minimum Gasteiger partial charge on any atom is -0.457 e. The Balaban J connectivity index is 1.65. The Bertz CT molecular complexity index is 1050. The lowest BCUT2D eigenvalue weighted by Gasteiger charge is -2.22. The smallest absolute Gasteiger partial charge is 0.283 e. The summed E-state index contributed by atoms with van der Waals surface area (Å²) < 4.78 is 5.79. The van der Waals surface area contributed by atoms with Crippen LogP contribution < -0.4 is 0 Å². The second kappa shape index (κ2) is 6.00. The van der Waals surface area contributed by atoms with Crippen LogP contribution in [-0.2, 0) is 9.63 Å². The van der Waals surface area contributed by atoms with Gasteiger partial charge >= 0.3 is 0 Å². The fourth-order valence-electron chi connectivity index (χ4n) is 2.67. The number of halogens is 1. The van der Waals surface area contributed by atoms with Gasteiger partial charge in [-0.15, -0.1) is 5.06 Å². The summed E-state index contributed by atoms with van der Waals surface area (Å²) in [5.74, 6) is 1.35. The minimum absolute atomic E-state index is 0.0792. The summed E-state index contributed by atoms with van der Waals surface area (Å²) in [5, 5.41) is 10.1. The second-order valence-corrected chi connectivity index (χ2v) is 6.40. The van der Waals surface area contributed by atoms with Gasteiger partial charge in [0, 0.05) is 16.7 Å². The topological polar surface area (TPSA) is 78.9 Å². The monoisotopic (exact) mass is 367 g/mol. The number of rotatable bonds is 2. The summed E-state index contributed by atoms with van der Waals surface area (Å²) in [4.78, 5) is 21.6. The van der Waals surface area contributed by atoms with E-state index >= 15 is 0 Å². The fourth-order valence-corrected chi connectivity index (χ4v) is 2.85. The molecule has 0 atom stereocenters. The van der Waals surface area contributed by atoms with Gasteiger partial charge in [0.05, 0.1) is 5.57 Å². The Morgan fingerprint density at radius 3 is 2.81 bits per heavy atom. The zero-order valence-electron chi connectivity index (χ0n) is 14.0. The molecule has 0 spiro atoms. The molecule has 0 saturated carbocycles. The van der Waals surface area contributed by atoms with Crippen molar-refractivity contribution in [1.29, 1.82) is 5.41 Å². The summed E-state index contributed by atoms with van der Waals surface area (Å²) in [6, 6.07) is 9.16. The van der Waals surface area contributed by atoms with E-state index in [1.54, 1.807) is 25.1 Å². The first-order valence-corrected chi connectivity index (χ1v) is 8.26. The van der Waals surface area contributed by atoms with E-state index in [9.17, 15) is 4.79 Å². The van der Waals surface area contributed by atoms with Crippen molar-refractivity contribution in [3.63, 3.8) is 0 Å². The van der Waals surface area contributed by atoms with Gasteiger partial charge in [0.15, 0.2) is 11.7 Å². The number of hydrogen-bond donors (Lipinski definition) is 1. The summed E-state index contributed by atoms with van der Waals surface area (Å²) >= 11 is 6.16. The third-order valence-electron chi connectivity index (χ3n) is 4.05. The van der Waals surface area contributed by atoms with Crippen LogP contribution in [0.4, 0.5) is 0 Å². The largest absolute Gasteiger partial charge is 0.457 e. The van der Waals surface area contributed by atoms with Crippen LogP contribution in [0.15, 0.2) is 57.1 Å². The maximum absolute atomic E-state index is 12.3. The minimum atomic E-state index is -0.507. The first-order chi connectivity index (χ1) is 12.4. The Hall–Kier alpha value is -3.12. The number of allylic oxidation sites excluding steroid dienone is 1. The lowest BCUT2D eigenvalue weighted by Crippen LogP contribution is -2.38. The second-order valence-electron chi connectivity index (χ2n) is 5.99. The van der Waals surface area contributed by atoms with Gasteiger partial charge < -0.3 is 9.25 Å². The van der Waals surface area contributed by atoms with Crippen molar-refractivity contribution >= 4 is 35.3 Å².